The minimum Gasteiger partial charge on any atom is -0.387 e. The van der Waals surface area contributed by atoms with Gasteiger partial charge in [-0.1, -0.05) is 20.8 Å². The van der Waals surface area contributed by atoms with Crippen LogP contribution in [-0.4, -0.2) is 70.3 Å². The van der Waals surface area contributed by atoms with Crippen molar-refractivity contribution in [3.05, 3.63) is 17.5 Å². The van der Waals surface area contributed by atoms with Crippen LogP contribution in [0.3, 0.4) is 0 Å². The van der Waals surface area contributed by atoms with E-state index in [1.54, 1.807) is 4.90 Å². The molecule has 0 bridgehead atoms. The average Bonchev–Trinajstić information content (AvgIpc) is 2.93. The van der Waals surface area contributed by atoms with Crippen LogP contribution >= 0.6 is 0 Å². The van der Waals surface area contributed by atoms with E-state index in [1.165, 1.54) is 0 Å². The number of aliphatic hydroxyl groups is 1. The van der Waals surface area contributed by atoms with Crippen LogP contribution in [0, 0.1) is 0 Å². The number of aromatic nitrogens is 2. The number of H-pyrrole nitrogens is 1. The molecule has 0 spiro atoms. The van der Waals surface area contributed by atoms with Gasteiger partial charge in [0.15, 0.2) is 0 Å². The smallest absolute Gasteiger partial charge is 0.274 e. The second-order valence-electron chi connectivity index (χ2n) is 7.36. The molecule has 0 saturated carbocycles. The number of likely N-dealkylation sites (N-methyl/N-ethyl adjacent to an activating group) is 1. The Bertz CT molecular complexity index is 518. The number of carbonyl (C=O) groups excluding carboxylic acids is 1. The van der Waals surface area contributed by atoms with Crippen molar-refractivity contribution in [1.29, 1.82) is 0 Å². The Kier molecular flexibility index (Phi) is 4.13. The van der Waals surface area contributed by atoms with Crippen LogP contribution in [-0.2, 0) is 5.41 Å². The number of hydrogen-bond acceptors (Lipinski definition) is 4. The molecule has 21 heavy (non-hydrogen) atoms. The summed E-state index contributed by atoms with van der Waals surface area (Å²) in [7, 11) is 3.84. The minimum absolute atomic E-state index is 0.0673. The quantitative estimate of drug-likeness (QED) is 0.867. The number of nitrogens with zero attached hydrogens (tertiary/aromatic N) is 3. The Morgan fingerprint density at radius 3 is 2.71 bits per heavy atom. The summed E-state index contributed by atoms with van der Waals surface area (Å²) < 4.78 is 0. The van der Waals surface area contributed by atoms with Gasteiger partial charge in [-0.3, -0.25) is 9.89 Å². The predicted octanol–water partition coefficient (Wildman–Crippen LogP) is 0.846. The van der Waals surface area contributed by atoms with Crippen molar-refractivity contribution in [2.75, 3.05) is 33.7 Å². The summed E-state index contributed by atoms with van der Waals surface area (Å²) in [5.41, 5.74) is 0.479. The summed E-state index contributed by atoms with van der Waals surface area (Å²) in [6.45, 7) is 7.70. The van der Waals surface area contributed by atoms with Crippen molar-refractivity contribution in [2.45, 2.75) is 38.2 Å². The molecule has 118 valence electrons. The number of nitrogens with one attached hydrogen (secondary N) is 1. The van der Waals surface area contributed by atoms with Gasteiger partial charge in [-0.15, -0.1) is 0 Å². The Balaban J connectivity index is 2.07. The zero-order chi connectivity index (χ0) is 15.8. The van der Waals surface area contributed by atoms with Gasteiger partial charge in [-0.2, -0.15) is 5.10 Å². The number of β-amino-alcohol motifs (C(OH)–C–C–N with tert-alkyl or cyclic N) is 1. The molecule has 1 aliphatic heterocycles. The summed E-state index contributed by atoms with van der Waals surface area (Å²) in [4.78, 5) is 16.1. The Labute approximate surface area is 126 Å². The van der Waals surface area contributed by atoms with E-state index in [4.69, 9.17) is 0 Å². The lowest BCUT2D eigenvalue weighted by molar-refractivity contribution is 0.0235. The molecule has 1 fully saturated rings. The maximum absolute atomic E-state index is 12.5. The first-order chi connectivity index (χ1) is 9.61. The molecule has 2 rings (SSSR count). The van der Waals surface area contributed by atoms with E-state index in [0.717, 1.165) is 5.69 Å². The lowest BCUT2D eigenvalue weighted by atomic mass is 9.92. The lowest BCUT2D eigenvalue weighted by Gasteiger charge is -2.26. The van der Waals surface area contributed by atoms with Gasteiger partial charge in [-0.25, -0.2) is 0 Å². The summed E-state index contributed by atoms with van der Waals surface area (Å²) in [6.07, 6.45) is 0.605. The van der Waals surface area contributed by atoms with Crippen molar-refractivity contribution in [3.8, 4) is 0 Å². The van der Waals surface area contributed by atoms with E-state index in [-0.39, 0.29) is 11.3 Å². The molecule has 2 N–H and O–H groups in total. The summed E-state index contributed by atoms with van der Waals surface area (Å²) in [5, 5.41) is 17.6. The second-order valence-corrected chi connectivity index (χ2v) is 7.36. The first kappa shape index (κ1) is 16.0. The molecule has 0 aromatic carbocycles. The molecule has 0 unspecified atom stereocenters. The van der Waals surface area contributed by atoms with Gasteiger partial charge < -0.3 is 14.9 Å². The molecular weight excluding hydrogens is 268 g/mol. The van der Waals surface area contributed by atoms with Crippen LogP contribution in [0.4, 0.5) is 0 Å². The summed E-state index contributed by atoms with van der Waals surface area (Å²) in [6, 6.07) is 1.81. The van der Waals surface area contributed by atoms with E-state index in [2.05, 4.69) is 31.0 Å². The summed E-state index contributed by atoms with van der Waals surface area (Å²) >= 11 is 0. The van der Waals surface area contributed by atoms with Crippen LogP contribution in [0.1, 0.15) is 43.4 Å². The van der Waals surface area contributed by atoms with Crippen LogP contribution in [0.2, 0.25) is 0 Å². The number of rotatable bonds is 3. The average molecular weight is 294 g/mol. The third-order valence-corrected chi connectivity index (χ3v) is 3.84. The molecular formula is C15H26N4O2. The van der Waals surface area contributed by atoms with E-state index < -0.39 is 5.60 Å². The van der Waals surface area contributed by atoms with Gasteiger partial charge in [-0.05, 0) is 26.6 Å². The normalized spacial score (nSPS) is 23.1. The molecule has 1 aromatic rings. The van der Waals surface area contributed by atoms with Crippen LogP contribution in [0.5, 0.6) is 0 Å². The third-order valence-electron chi connectivity index (χ3n) is 3.84. The number of aromatic amines is 1. The SMILES string of the molecule is CN(C)C[C@]1(O)CCN(C(=O)c2cc(C(C)(C)C)[nH]n2)C1. The van der Waals surface area contributed by atoms with Gasteiger partial charge in [0.05, 0.1) is 12.1 Å². The van der Waals surface area contributed by atoms with Crippen LogP contribution in [0.15, 0.2) is 6.07 Å². The highest BCUT2D eigenvalue weighted by molar-refractivity contribution is 5.92. The van der Waals surface area contributed by atoms with Crippen molar-refractivity contribution in [3.63, 3.8) is 0 Å². The first-order valence-electron chi connectivity index (χ1n) is 7.33. The largest absolute Gasteiger partial charge is 0.387 e. The van der Waals surface area contributed by atoms with Crippen molar-refractivity contribution < 1.29 is 9.90 Å². The van der Waals surface area contributed by atoms with Crippen molar-refractivity contribution in [1.82, 2.24) is 20.0 Å². The number of likely N-dealkylation sites (tertiary alicyclic amines) is 1. The van der Waals surface area contributed by atoms with Gasteiger partial charge >= 0.3 is 0 Å². The zero-order valence-corrected chi connectivity index (χ0v) is 13.6. The molecule has 6 nitrogen and oxygen atoms in total. The van der Waals surface area contributed by atoms with Gasteiger partial charge in [0, 0.05) is 24.2 Å². The fourth-order valence-corrected chi connectivity index (χ4v) is 2.72. The third kappa shape index (κ3) is 3.63. The highest BCUT2D eigenvalue weighted by atomic mass is 16.3. The second kappa shape index (κ2) is 5.42. The maximum atomic E-state index is 12.5. The van der Waals surface area contributed by atoms with E-state index in [9.17, 15) is 9.90 Å². The standard InChI is InChI=1S/C15H26N4O2/c1-14(2,3)12-8-11(16-17-12)13(20)19-7-6-15(21,10-19)9-18(4)5/h8,21H,6-7,9-10H2,1-5H3,(H,16,17)/t15-/m1/s1. The number of carbonyl (C=O) groups is 1. The zero-order valence-electron chi connectivity index (χ0n) is 13.6. The molecule has 0 radical (unpaired) electrons. The predicted molar refractivity (Wildman–Crippen MR) is 81.3 cm³/mol. The molecule has 1 aromatic heterocycles. The highest BCUT2D eigenvalue weighted by Crippen LogP contribution is 2.25. The molecule has 1 atom stereocenters. The van der Waals surface area contributed by atoms with Gasteiger partial charge in [0.1, 0.15) is 5.69 Å². The minimum atomic E-state index is -0.817. The topological polar surface area (TPSA) is 72.5 Å². The molecule has 2 heterocycles. The monoisotopic (exact) mass is 294 g/mol. The number of amides is 1. The fraction of sp³-hybridized carbons (Fsp3) is 0.733. The van der Waals surface area contributed by atoms with Crippen molar-refractivity contribution in [2.24, 2.45) is 0 Å². The molecule has 0 aliphatic carbocycles. The van der Waals surface area contributed by atoms with Crippen LogP contribution in [0.25, 0.3) is 0 Å². The maximum Gasteiger partial charge on any atom is 0.274 e. The van der Waals surface area contributed by atoms with Crippen LogP contribution < -0.4 is 0 Å². The molecule has 1 amide bonds. The molecule has 1 aliphatic rings. The Morgan fingerprint density at radius 2 is 2.19 bits per heavy atom. The Morgan fingerprint density at radius 1 is 1.52 bits per heavy atom. The first-order valence-corrected chi connectivity index (χ1v) is 7.33. The molecule has 6 heteroatoms. The van der Waals surface area contributed by atoms with Gasteiger partial charge in [0.25, 0.3) is 5.91 Å². The Hall–Kier alpha value is -1.40. The van der Waals surface area contributed by atoms with E-state index >= 15 is 0 Å². The number of hydrogen-bond donors (Lipinski definition) is 2. The molecule has 1 saturated heterocycles. The highest BCUT2D eigenvalue weighted by Gasteiger charge is 2.39. The van der Waals surface area contributed by atoms with E-state index in [1.807, 2.05) is 25.1 Å². The van der Waals surface area contributed by atoms with Gasteiger partial charge in [0.2, 0.25) is 0 Å². The lowest BCUT2D eigenvalue weighted by Crippen LogP contribution is -2.43. The van der Waals surface area contributed by atoms with Crippen molar-refractivity contribution >= 4 is 5.91 Å². The van der Waals surface area contributed by atoms with E-state index in [0.29, 0.717) is 31.7 Å². The fourth-order valence-electron chi connectivity index (χ4n) is 2.72. The summed E-state index contributed by atoms with van der Waals surface area (Å²) in [5.74, 6) is -0.114.